The van der Waals surface area contributed by atoms with Gasteiger partial charge in [-0.3, -0.25) is 14.6 Å². The van der Waals surface area contributed by atoms with Crippen LogP contribution in [0.1, 0.15) is 5.56 Å². The molecule has 29 heavy (non-hydrogen) atoms. The Kier molecular flexibility index (Phi) is 6.86. The fourth-order valence-corrected chi connectivity index (χ4v) is 3.34. The predicted octanol–water partition coefficient (Wildman–Crippen LogP) is 2.24. The summed E-state index contributed by atoms with van der Waals surface area (Å²) in [6.45, 7) is 0.516. The number of carbonyl (C=O) groups excluding carboxylic acids is 2. The van der Waals surface area contributed by atoms with Gasteiger partial charge in [0.05, 0.1) is 17.9 Å². The van der Waals surface area contributed by atoms with Crippen molar-refractivity contribution in [2.75, 3.05) is 18.6 Å². The number of ether oxygens (including phenoxy) is 1. The highest BCUT2D eigenvalue weighted by Gasteiger charge is 2.30. The number of hydrogen-bond acceptors (Lipinski definition) is 5. The molecule has 1 unspecified atom stereocenters. The van der Waals surface area contributed by atoms with E-state index in [1.807, 2.05) is 36.4 Å². The van der Waals surface area contributed by atoms with Crippen molar-refractivity contribution in [3.63, 3.8) is 0 Å². The molecule has 7 nitrogen and oxygen atoms in total. The van der Waals surface area contributed by atoms with E-state index in [2.05, 4.69) is 32.9 Å². The highest BCUT2D eigenvalue weighted by molar-refractivity contribution is 14.1. The Morgan fingerprint density at radius 3 is 2.83 bits per heavy atom. The summed E-state index contributed by atoms with van der Waals surface area (Å²) < 4.78 is 6.80. The predicted molar refractivity (Wildman–Crippen MR) is 121 cm³/mol. The van der Waals surface area contributed by atoms with Crippen molar-refractivity contribution >= 4 is 46.3 Å². The maximum atomic E-state index is 12.7. The Morgan fingerprint density at radius 1 is 1.31 bits per heavy atom. The number of anilines is 1. The van der Waals surface area contributed by atoms with Gasteiger partial charge in [-0.1, -0.05) is 30.3 Å². The Labute approximate surface area is 182 Å². The third-order valence-corrected chi connectivity index (χ3v) is 5.46. The van der Waals surface area contributed by atoms with Gasteiger partial charge in [-0.15, -0.1) is 0 Å². The zero-order valence-electron chi connectivity index (χ0n) is 15.8. The molecular formula is C21H21IN4O3. The van der Waals surface area contributed by atoms with Crippen LogP contribution in [0.4, 0.5) is 5.69 Å². The molecular weight excluding hydrogens is 483 g/mol. The number of fused-ring (bicyclic) bond motifs is 1. The molecule has 1 aliphatic heterocycles. The minimum atomic E-state index is -0.838. The van der Waals surface area contributed by atoms with Crippen LogP contribution >= 0.6 is 22.6 Å². The molecule has 0 fully saturated rings. The molecule has 0 aromatic heterocycles. The van der Waals surface area contributed by atoms with E-state index < -0.39 is 11.9 Å². The lowest BCUT2D eigenvalue weighted by atomic mass is 10.2. The van der Waals surface area contributed by atoms with Crippen molar-refractivity contribution in [3.05, 3.63) is 69.4 Å². The zero-order chi connectivity index (χ0) is 20.8. The number of aliphatic imine (C=N–C) groups is 1. The van der Waals surface area contributed by atoms with E-state index in [0.29, 0.717) is 18.0 Å². The summed E-state index contributed by atoms with van der Waals surface area (Å²) in [5, 5.41) is 2.63. The summed E-state index contributed by atoms with van der Waals surface area (Å²) in [7, 11) is 1.64. The van der Waals surface area contributed by atoms with E-state index in [0.717, 1.165) is 9.13 Å². The van der Waals surface area contributed by atoms with Crippen molar-refractivity contribution in [2.24, 2.45) is 10.7 Å². The maximum absolute atomic E-state index is 12.7. The van der Waals surface area contributed by atoms with Gasteiger partial charge in [0.1, 0.15) is 18.4 Å². The molecule has 0 saturated heterocycles. The number of amides is 2. The number of carbonyl (C=O) groups is 2. The second-order valence-electron chi connectivity index (χ2n) is 6.41. The number of likely N-dealkylation sites (N-methyl/N-ethyl adjacent to an activating group) is 1. The molecule has 8 heteroatoms. The molecule has 150 valence electrons. The molecule has 2 aromatic rings. The lowest BCUT2D eigenvalue weighted by Crippen LogP contribution is -2.50. The summed E-state index contributed by atoms with van der Waals surface area (Å²) in [6.07, 6.45) is 2.91. The van der Waals surface area contributed by atoms with Crippen molar-refractivity contribution in [1.82, 2.24) is 5.32 Å². The van der Waals surface area contributed by atoms with Crippen LogP contribution in [0.25, 0.3) is 0 Å². The number of rotatable bonds is 5. The highest BCUT2D eigenvalue weighted by Crippen LogP contribution is 2.29. The average molecular weight is 504 g/mol. The van der Waals surface area contributed by atoms with E-state index in [4.69, 9.17) is 10.5 Å². The monoisotopic (exact) mass is 504 g/mol. The smallest absolute Gasteiger partial charge is 0.267 e. The molecule has 2 aromatic carbocycles. The number of nitrogens with two attached hydrogens (primary N) is 1. The molecule has 2 amide bonds. The zero-order valence-corrected chi connectivity index (χ0v) is 18.0. The molecule has 0 radical (unpaired) electrons. The normalized spacial score (nSPS) is 16.9. The molecule has 0 bridgehead atoms. The van der Waals surface area contributed by atoms with Crippen LogP contribution in [-0.4, -0.2) is 37.7 Å². The Hall–Kier alpha value is -2.88. The maximum Gasteiger partial charge on any atom is 0.267 e. The summed E-state index contributed by atoms with van der Waals surface area (Å²) in [5.41, 5.74) is 7.54. The van der Waals surface area contributed by atoms with Crippen LogP contribution in [0.15, 0.2) is 65.3 Å². The van der Waals surface area contributed by atoms with E-state index in [1.165, 1.54) is 17.2 Å². The van der Waals surface area contributed by atoms with Crippen LogP contribution in [0.5, 0.6) is 5.75 Å². The minimum Gasteiger partial charge on any atom is -0.489 e. The van der Waals surface area contributed by atoms with Crippen molar-refractivity contribution in [2.45, 2.75) is 12.6 Å². The molecule has 1 aliphatic rings. The molecule has 0 saturated carbocycles. The largest absolute Gasteiger partial charge is 0.489 e. The number of para-hydroxylation sites is 2. The van der Waals surface area contributed by atoms with Gasteiger partial charge in [-0.2, -0.15) is 0 Å². The SMILES string of the molecule is CN1C(=O)C(NC(=O)C(N)=CC=NCc2ccccc2I)COc2ccccc21. The van der Waals surface area contributed by atoms with Gasteiger partial charge >= 0.3 is 0 Å². The number of benzene rings is 2. The fourth-order valence-electron chi connectivity index (χ4n) is 2.78. The molecule has 1 heterocycles. The van der Waals surface area contributed by atoms with Crippen LogP contribution in [0.2, 0.25) is 0 Å². The van der Waals surface area contributed by atoms with Crippen molar-refractivity contribution in [3.8, 4) is 5.75 Å². The van der Waals surface area contributed by atoms with Crippen LogP contribution < -0.4 is 20.7 Å². The molecule has 1 atom stereocenters. The van der Waals surface area contributed by atoms with Crippen molar-refractivity contribution in [1.29, 1.82) is 0 Å². The number of hydrogen-bond donors (Lipinski definition) is 2. The number of nitrogens with zero attached hydrogens (tertiary/aromatic N) is 2. The quantitative estimate of drug-likeness (QED) is 0.371. The van der Waals surface area contributed by atoms with Crippen LogP contribution in [0, 0.1) is 3.57 Å². The van der Waals surface area contributed by atoms with E-state index in [1.54, 1.807) is 19.2 Å². The first-order valence-electron chi connectivity index (χ1n) is 8.96. The second-order valence-corrected chi connectivity index (χ2v) is 7.57. The van der Waals surface area contributed by atoms with Gasteiger partial charge in [0.2, 0.25) is 0 Å². The van der Waals surface area contributed by atoms with Gasteiger partial charge in [0.25, 0.3) is 11.8 Å². The fraction of sp³-hybridized carbons (Fsp3) is 0.190. The summed E-state index contributed by atoms with van der Waals surface area (Å²) >= 11 is 2.25. The number of nitrogens with one attached hydrogen (secondary N) is 1. The van der Waals surface area contributed by atoms with E-state index >= 15 is 0 Å². The van der Waals surface area contributed by atoms with Gasteiger partial charge in [0.15, 0.2) is 0 Å². The lowest BCUT2D eigenvalue weighted by molar-refractivity contribution is -0.126. The van der Waals surface area contributed by atoms with Gasteiger partial charge in [-0.25, -0.2) is 0 Å². The third-order valence-electron chi connectivity index (χ3n) is 4.41. The Bertz CT molecular complexity index is 974. The molecule has 3 rings (SSSR count). The second kappa shape index (κ2) is 9.55. The van der Waals surface area contributed by atoms with Gasteiger partial charge < -0.3 is 20.7 Å². The number of allylic oxidation sites excluding steroid dienone is 1. The van der Waals surface area contributed by atoms with Gasteiger partial charge in [0, 0.05) is 16.8 Å². The lowest BCUT2D eigenvalue weighted by Gasteiger charge is -2.20. The van der Waals surface area contributed by atoms with Crippen molar-refractivity contribution < 1.29 is 14.3 Å². The first kappa shape index (κ1) is 20.8. The van der Waals surface area contributed by atoms with Gasteiger partial charge in [-0.05, 0) is 52.4 Å². The van der Waals surface area contributed by atoms with Crippen LogP contribution in [0.3, 0.4) is 0 Å². The minimum absolute atomic E-state index is 0.0275. The average Bonchev–Trinajstić information content (AvgIpc) is 2.84. The third kappa shape index (κ3) is 5.14. The molecule has 0 aliphatic carbocycles. The van der Waals surface area contributed by atoms with E-state index in [-0.39, 0.29) is 18.2 Å². The van der Waals surface area contributed by atoms with Crippen LogP contribution in [-0.2, 0) is 16.1 Å². The standard InChI is InChI=1S/C21H21IN4O3/c1-26-18-8-4-5-9-19(18)29-13-17(21(26)28)25-20(27)16(23)10-11-24-12-14-6-2-3-7-15(14)22/h2-11,17H,12-13,23H2,1H3,(H,25,27). The molecule has 0 spiro atoms. The number of halogens is 1. The Balaban J connectivity index is 1.60. The topological polar surface area (TPSA) is 97.0 Å². The summed E-state index contributed by atoms with van der Waals surface area (Å²) in [6, 6.07) is 14.3. The summed E-state index contributed by atoms with van der Waals surface area (Å²) in [4.78, 5) is 30.8. The molecule has 3 N–H and O–H groups in total. The first-order chi connectivity index (χ1) is 14.0. The first-order valence-corrected chi connectivity index (χ1v) is 10.0. The Morgan fingerprint density at radius 2 is 2.03 bits per heavy atom. The van der Waals surface area contributed by atoms with E-state index in [9.17, 15) is 9.59 Å². The summed E-state index contributed by atoms with van der Waals surface area (Å²) in [5.74, 6) is -0.234. The highest BCUT2D eigenvalue weighted by atomic mass is 127.